The Kier molecular flexibility index (Phi) is 5.36. The number of amides is 4. The van der Waals surface area contributed by atoms with Crippen LogP contribution in [0.15, 0.2) is 30.3 Å². The fourth-order valence-electron chi connectivity index (χ4n) is 2.83. The molecule has 6 nitrogen and oxygen atoms in total. The van der Waals surface area contributed by atoms with Crippen molar-refractivity contribution < 1.29 is 14.4 Å². The quantitative estimate of drug-likeness (QED) is 0.777. The molecule has 0 unspecified atom stereocenters. The molecule has 2 rings (SSSR count). The number of imide groups is 1. The lowest BCUT2D eigenvalue weighted by Crippen LogP contribution is -2.52. The number of hydrogen-bond acceptors (Lipinski definition) is 3. The van der Waals surface area contributed by atoms with Crippen LogP contribution < -0.4 is 10.6 Å². The summed E-state index contributed by atoms with van der Waals surface area (Å²) >= 11 is 0. The van der Waals surface area contributed by atoms with Gasteiger partial charge in [0.05, 0.1) is 0 Å². The third kappa shape index (κ3) is 3.70. The second-order valence-corrected chi connectivity index (χ2v) is 6.04. The first kappa shape index (κ1) is 17.0. The molecule has 6 heteroatoms. The van der Waals surface area contributed by atoms with Crippen LogP contribution in [0, 0.1) is 5.92 Å². The van der Waals surface area contributed by atoms with Crippen LogP contribution in [0.1, 0.15) is 25.8 Å². The van der Waals surface area contributed by atoms with Crippen molar-refractivity contribution in [2.24, 2.45) is 5.92 Å². The van der Waals surface area contributed by atoms with Gasteiger partial charge in [0, 0.05) is 7.05 Å². The van der Waals surface area contributed by atoms with Gasteiger partial charge in [-0.15, -0.1) is 0 Å². The molecule has 124 valence electrons. The number of likely N-dealkylation sites (N-methyl/N-ethyl adjacent to an activating group) is 1. The molecule has 1 heterocycles. The van der Waals surface area contributed by atoms with E-state index in [1.54, 1.807) is 0 Å². The van der Waals surface area contributed by atoms with E-state index in [1.807, 2.05) is 44.2 Å². The lowest BCUT2D eigenvalue weighted by atomic mass is 10.0. The molecule has 1 aromatic carbocycles. The van der Waals surface area contributed by atoms with Gasteiger partial charge in [-0.25, -0.2) is 9.69 Å². The summed E-state index contributed by atoms with van der Waals surface area (Å²) < 4.78 is 0. The highest BCUT2D eigenvalue weighted by Crippen LogP contribution is 2.20. The number of carbonyl (C=O) groups excluding carboxylic acids is 3. The highest BCUT2D eigenvalue weighted by atomic mass is 16.2. The Hall–Kier alpha value is -2.37. The largest absolute Gasteiger partial charge is 0.357 e. The van der Waals surface area contributed by atoms with Crippen LogP contribution in [0.4, 0.5) is 4.79 Å². The van der Waals surface area contributed by atoms with E-state index in [0.717, 1.165) is 10.5 Å². The number of benzene rings is 1. The van der Waals surface area contributed by atoms with Gasteiger partial charge in [-0.05, 0) is 24.3 Å². The van der Waals surface area contributed by atoms with Crippen LogP contribution in [-0.2, 0) is 16.0 Å². The molecule has 1 aromatic rings. The fraction of sp³-hybridized carbons (Fsp3) is 0.471. The smallest absolute Gasteiger partial charge is 0.325 e. The highest BCUT2D eigenvalue weighted by molar-refractivity contribution is 6.07. The van der Waals surface area contributed by atoms with Crippen molar-refractivity contribution in [1.29, 1.82) is 0 Å². The Morgan fingerprint density at radius 2 is 1.91 bits per heavy atom. The van der Waals surface area contributed by atoms with Crippen LogP contribution in [0.3, 0.4) is 0 Å². The first-order valence-corrected chi connectivity index (χ1v) is 7.84. The Bertz CT molecular complexity index is 586. The van der Waals surface area contributed by atoms with Crippen molar-refractivity contribution in [3.63, 3.8) is 0 Å². The van der Waals surface area contributed by atoms with E-state index in [9.17, 15) is 14.4 Å². The summed E-state index contributed by atoms with van der Waals surface area (Å²) in [4.78, 5) is 37.9. The number of rotatable bonds is 6. The van der Waals surface area contributed by atoms with Crippen molar-refractivity contribution >= 4 is 17.8 Å². The molecule has 23 heavy (non-hydrogen) atoms. The van der Waals surface area contributed by atoms with Gasteiger partial charge < -0.3 is 10.6 Å². The molecule has 0 aromatic heterocycles. The number of aryl methyl sites for hydroxylation is 1. The second-order valence-electron chi connectivity index (χ2n) is 6.04. The van der Waals surface area contributed by atoms with Crippen molar-refractivity contribution in [2.45, 2.75) is 38.8 Å². The van der Waals surface area contributed by atoms with E-state index >= 15 is 0 Å². The summed E-state index contributed by atoms with van der Waals surface area (Å²) in [5.41, 5.74) is 1.11. The minimum Gasteiger partial charge on any atom is -0.357 e. The van der Waals surface area contributed by atoms with E-state index in [4.69, 9.17) is 0 Å². The molecule has 0 spiro atoms. The van der Waals surface area contributed by atoms with E-state index < -0.39 is 18.1 Å². The van der Waals surface area contributed by atoms with Crippen molar-refractivity contribution in [1.82, 2.24) is 15.5 Å². The molecule has 1 aliphatic heterocycles. The Morgan fingerprint density at radius 1 is 1.26 bits per heavy atom. The summed E-state index contributed by atoms with van der Waals surface area (Å²) in [6.45, 7) is 3.63. The number of hydrogen-bond donors (Lipinski definition) is 2. The van der Waals surface area contributed by atoms with E-state index in [-0.39, 0.29) is 17.7 Å². The number of carbonyl (C=O) groups is 3. The zero-order valence-electron chi connectivity index (χ0n) is 13.7. The fourth-order valence-corrected chi connectivity index (χ4v) is 2.83. The Balaban J connectivity index is 2.08. The highest BCUT2D eigenvalue weighted by Gasteiger charge is 2.45. The molecule has 2 atom stereocenters. The van der Waals surface area contributed by atoms with Gasteiger partial charge in [0.1, 0.15) is 12.1 Å². The average Bonchev–Trinajstić information content (AvgIpc) is 2.81. The van der Waals surface area contributed by atoms with Gasteiger partial charge in [-0.1, -0.05) is 44.2 Å². The third-order valence-corrected chi connectivity index (χ3v) is 4.04. The summed E-state index contributed by atoms with van der Waals surface area (Å²) in [5, 5.41) is 5.22. The van der Waals surface area contributed by atoms with Crippen LogP contribution in [-0.4, -0.2) is 41.9 Å². The molecule has 0 radical (unpaired) electrons. The van der Waals surface area contributed by atoms with Gasteiger partial charge in [-0.2, -0.15) is 0 Å². The molecule has 4 amide bonds. The van der Waals surface area contributed by atoms with Crippen molar-refractivity contribution in [3.8, 4) is 0 Å². The average molecular weight is 317 g/mol. The van der Waals surface area contributed by atoms with Crippen LogP contribution in [0.5, 0.6) is 0 Å². The van der Waals surface area contributed by atoms with Crippen molar-refractivity contribution in [2.75, 3.05) is 7.05 Å². The lowest BCUT2D eigenvalue weighted by Gasteiger charge is -2.26. The van der Waals surface area contributed by atoms with Crippen LogP contribution in [0.25, 0.3) is 0 Å². The maximum Gasteiger partial charge on any atom is 0.325 e. The first-order valence-electron chi connectivity index (χ1n) is 7.84. The minimum absolute atomic E-state index is 0.155. The molecule has 1 fully saturated rings. The zero-order valence-corrected chi connectivity index (χ0v) is 13.7. The third-order valence-electron chi connectivity index (χ3n) is 4.04. The monoisotopic (exact) mass is 317 g/mol. The number of urea groups is 1. The number of nitrogens with one attached hydrogen (secondary N) is 2. The minimum atomic E-state index is -0.783. The molecule has 0 bridgehead atoms. The standard InChI is InChI=1S/C17H23N3O3/c1-11(2)14(15(21)18-3)20-16(22)13(19-17(20)23)10-9-12-7-5-4-6-8-12/h4-8,11,13-14H,9-10H2,1-3H3,(H,18,21)(H,19,23)/t13-,14+/m0/s1. The summed E-state index contributed by atoms with van der Waals surface area (Å²) in [5.74, 6) is -0.807. The molecular formula is C17H23N3O3. The molecule has 0 saturated carbocycles. The van der Waals surface area contributed by atoms with E-state index in [0.29, 0.717) is 12.8 Å². The molecule has 1 saturated heterocycles. The summed E-state index contributed by atoms with van der Waals surface area (Å²) in [6, 6.07) is 7.94. The van der Waals surface area contributed by atoms with E-state index in [2.05, 4.69) is 10.6 Å². The summed E-state index contributed by atoms with van der Waals surface area (Å²) in [7, 11) is 1.50. The normalized spacial score (nSPS) is 19.0. The predicted octanol–water partition coefficient (Wildman–Crippen LogP) is 1.31. The molecule has 0 aliphatic carbocycles. The van der Waals surface area contributed by atoms with Crippen LogP contribution in [0.2, 0.25) is 0 Å². The first-order chi connectivity index (χ1) is 11.0. The predicted molar refractivity (Wildman–Crippen MR) is 86.6 cm³/mol. The maximum atomic E-state index is 12.6. The molecular weight excluding hydrogens is 294 g/mol. The SMILES string of the molecule is CNC(=O)[C@@H](C(C)C)N1C(=O)N[C@@H](CCc2ccccc2)C1=O. The van der Waals surface area contributed by atoms with Gasteiger partial charge in [-0.3, -0.25) is 9.59 Å². The summed E-state index contributed by atoms with van der Waals surface area (Å²) in [6.07, 6.45) is 1.21. The Morgan fingerprint density at radius 3 is 2.48 bits per heavy atom. The maximum absolute atomic E-state index is 12.6. The van der Waals surface area contributed by atoms with Gasteiger partial charge in [0.15, 0.2) is 0 Å². The number of nitrogens with zero attached hydrogens (tertiary/aromatic N) is 1. The van der Waals surface area contributed by atoms with E-state index in [1.165, 1.54) is 7.05 Å². The second kappa shape index (κ2) is 7.26. The van der Waals surface area contributed by atoms with Gasteiger partial charge in [0.25, 0.3) is 5.91 Å². The van der Waals surface area contributed by atoms with Crippen molar-refractivity contribution in [3.05, 3.63) is 35.9 Å². The molecule has 1 aliphatic rings. The topological polar surface area (TPSA) is 78.5 Å². The zero-order chi connectivity index (χ0) is 17.0. The lowest BCUT2D eigenvalue weighted by molar-refractivity contribution is -0.137. The van der Waals surface area contributed by atoms with Crippen LogP contribution >= 0.6 is 0 Å². The Labute approximate surface area is 136 Å². The van der Waals surface area contributed by atoms with Gasteiger partial charge in [0.2, 0.25) is 5.91 Å². The van der Waals surface area contributed by atoms with Gasteiger partial charge >= 0.3 is 6.03 Å². The molecule has 2 N–H and O–H groups in total.